The third-order valence-electron chi connectivity index (χ3n) is 3.36. The molecule has 0 saturated carbocycles. The van der Waals surface area contributed by atoms with E-state index in [2.05, 4.69) is 15.2 Å². The molecule has 0 bridgehead atoms. The zero-order chi connectivity index (χ0) is 17.7. The van der Waals surface area contributed by atoms with Gasteiger partial charge in [-0.3, -0.25) is 5.10 Å². The number of nitrogens with zero attached hydrogens (tertiary/aromatic N) is 2. The van der Waals surface area contributed by atoms with E-state index in [1.54, 1.807) is 0 Å². The van der Waals surface area contributed by atoms with Crippen molar-refractivity contribution < 1.29 is 13.2 Å². The lowest BCUT2D eigenvalue weighted by Gasteiger charge is -2.06. The molecule has 1 N–H and O–H groups in total. The molecule has 0 aliphatic carbocycles. The van der Waals surface area contributed by atoms with Gasteiger partial charge in [-0.25, -0.2) is 4.98 Å². The van der Waals surface area contributed by atoms with Crippen molar-refractivity contribution in [1.82, 2.24) is 15.2 Å². The first-order valence-electron chi connectivity index (χ1n) is 7.45. The van der Waals surface area contributed by atoms with Crippen molar-refractivity contribution in [1.29, 1.82) is 0 Å². The fraction of sp³-hybridized carbons (Fsp3) is 0.111. The highest BCUT2D eigenvalue weighted by Crippen LogP contribution is 2.30. The summed E-state index contributed by atoms with van der Waals surface area (Å²) in [6.07, 6.45) is -0.565. The molecule has 0 unspecified atom stereocenters. The van der Waals surface area contributed by atoms with Crippen LogP contribution in [0, 0.1) is 0 Å². The smallest absolute Gasteiger partial charge is 0.259 e. The third-order valence-corrected chi connectivity index (χ3v) is 4.28. The highest BCUT2D eigenvalue weighted by Gasteiger charge is 2.29. The summed E-state index contributed by atoms with van der Waals surface area (Å²) in [5.74, 6) is 1.12. The molecule has 0 atom stereocenters. The van der Waals surface area contributed by atoms with Crippen LogP contribution in [0.1, 0.15) is 22.5 Å². The Labute approximate surface area is 147 Å². The quantitative estimate of drug-likeness (QED) is 0.628. The Hall–Kier alpha value is -2.54. The summed E-state index contributed by atoms with van der Waals surface area (Å²) in [7, 11) is 0. The summed E-state index contributed by atoms with van der Waals surface area (Å²) in [6, 6.07) is 14.9. The van der Waals surface area contributed by atoms with E-state index in [1.165, 1.54) is 23.9 Å². The number of nitrogens with one attached hydrogen (secondary N) is 1. The molecule has 0 radical (unpaired) electrons. The van der Waals surface area contributed by atoms with Crippen molar-refractivity contribution in [2.45, 2.75) is 17.1 Å². The molecular formula is C18H14F3N3S. The van der Waals surface area contributed by atoms with Crippen molar-refractivity contribution in [2.24, 2.45) is 0 Å². The molecule has 3 nitrogen and oxygen atoms in total. The minimum absolute atomic E-state index is 0.498. The first kappa shape index (κ1) is 17.3. The van der Waals surface area contributed by atoms with Gasteiger partial charge in [-0.2, -0.15) is 13.2 Å². The predicted octanol–water partition coefficient (Wildman–Crippen LogP) is 5.29. The van der Waals surface area contributed by atoms with Gasteiger partial charge in [0.05, 0.1) is 5.56 Å². The van der Waals surface area contributed by atoms with E-state index in [1.807, 2.05) is 42.5 Å². The molecule has 25 heavy (non-hydrogen) atoms. The number of hydrogen-bond acceptors (Lipinski definition) is 3. The second kappa shape index (κ2) is 7.57. The van der Waals surface area contributed by atoms with E-state index >= 15 is 0 Å². The van der Waals surface area contributed by atoms with Gasteiger partial charge in [0.1, 0.15) is 5.82 Å². The number of thioether (sulfide) groups is 1. The zero-order valence-electron chi connectivity index (χ0n) is 13.0. The van der Waals surface area contributed by atoms with Crippen LogP contribution < -0.4 is 0 Å². The van der Waals surface area contributed by atoms with Crippen molar-refractivity contribution in [3.05, 3.63) is 77.1 Å². The van der Waals surface area contributed by atoms with Crippen molar-refractivity contribution in [3.8, 4) is 0 Å². The van der Waals surface area contributed by atoms with E-state index in [0.29, 0.717) is 16.7 Å². The first-order valence-corrected chi connectivity index (χ1v) is 8.44. The maximum Gasteiger partial charge on any atom is 0.416 e. The molecule has 3 rings (SSSR count). The van der Waals surface area contributed by atoms with Crippen LogP contribution in [0.25, 0.3) is 12.2 Å². The van der Waals surface area contributed by atoms with E-state index in [0.717, 1.165) is 23.3 Å². The summed E-state index contributed by atoms with van der Waals surface area (Å²) in [4.78, 5) is 4.33. The van der Waals surface area contributed by atoms with Gasteiger partial charge in [0, 0.05) is 5.75 Å². The number of rotatable bonds is 5. The Balaban J connectivity index is 1.57. The monoisotopic (exact) mass is 361 g/mol. The van der Waals surface area contributed by atoms with Crippen LogP contribution in [0.15, 0.2) is 59.8 Å². The summed E-state index contributed by atoms with van der Waals surface area (Å²) in [5, 5.41) is 7.47. The van der Waals surface area contributed by atoms with E-state index in [9.17, 15) is 13.2 Å². The molecule has 128 valence electrons. The van der Waals surface area contributed by atoms with Crippen LogP contribution in [0.2, 0.25) is 0 Å². The largest absolute Gasteiger partial charge is 0.416 e. The molecule has 0 saturated heterocycles. The van der Waals surface area contributed by atoms with Crippen molar-refractivity contribution in [3.63, 3.8) is 0 Å². The second-order valence-electron chi connectivity index (χ2n) is 5.23. The van der Waals surface area contributed by atoms with Crippen LogP contribution in [0.3, 0.4) is 0 Å². The molecule has 0 aliphatic rings. The molecule has 0 amide bonds. The van der Waals surface area contributed by atoms with Crippen molar-refractivity contribution in [2.75, 3.05) is 0 Å². The lowest BCUT2D eigenvalue weighted by Crippen LogP contribution is -2.04. The summed E-state index contributed by atoms with van der Waals surface area (Å²) >= 11 is 1.36. The number of alkyl halides is 3. The Morgan fingerprint density at radius 2 is 1.68 bits per heavy atom. The fourth-order valence-corrected chi connectivity index (χ4v) is 2.84. The minimum atomic E-state index is -4.31. The number of H-pyrrole nitrogens is 1. The number of benzene rings is 2. The highest BCUT2D eigenvalue weighted by atomic mass is 32.2. The summed E-state index contributed by atoms with van der Waals surface area (Å²) in [6.45, 7) is 0. The number of aromatic amines is 1. The Morgan fingerprint density at radius 1 is 0.960 bits per heavy atom. The molecule has 0 fully saturated rings. The molecule has 2 aromatic carbocycles. The molecule has 3 aromatic rings. The van der Waals surface area contributed by atoms with Gasteiger partial charge in [0.15, 0.2) is 0 Å². The maximum absolute atomic E-state index is 12.5. The van der Waals surface area contributed by atoms with Crippen LogP contribution in [-0.2, 0) is 11.9 Å². The van der Waals surface area contributed by atoms with Crippen molar-refractivity contribution >= 4 is 23.9 Å². The van der Waals surface area contributed by atoms with Crippen LogP contribution in [0.4, 0.5) is 13.2 Å². The van der Waals surface area contributed by atoms with Gasteiger partial charge >= 0.3 is 6.18 Å². The van der Waals surface area contributed by atoms with Gasteiger partial charge in [-0.1, -0.05) is 60.3 Å². The van der Waals surface area contributed by atoms with Gasteiger partial charge in [0.25, 0.3) is 0 Å². The standard InChI is InChI=1S/C18H14F3N3S/c19-18(20,21)15-9-6-14(7-10-15)12-25-17-22-16(23-24-17)11-8-13-4-2-1-3-5-13/h1-11H,12H2,(H,22,23,24)/b11-8+. The third kappa shape index (κ3) is 4.96. The molecule has 7 heteroatoms. The summed E-state index contributed by atoms with van der Waals surface area (Å²) in [5.41, 5.74) is 1.19. The molecule has 0 aliphatic heterocycles. The van der Waals surface area contributed by atoms with Crippen LogP contribution in [-0.4, -0.2) is 15.2 Å². The van der Waals surface area contributed by atoms with E-state index in [-0.39, 0.29) is 0 Å². The van der Waals surface area contributed by atoms with E-state index in [4.69, 9.17) is 0 Å². The fourth-order valence-electron chi connectivity index (χ4n) is 2.07. The average Bonchev–Trinajstić information content (AvgIpc) is 3.07. The highest BCUT2D eigenvalue weighted by molar-refractivity contribution is 7.98. The lowest BCUT2D eigenvalue weighted by molar-refractivity contribution is -0.137. The van der Waals surface area contributed by atoms with Gasteiger partial charge < -0.3 is 0 Å². The molecule has 0 spiro atoms. The Bertz CT molecular complexity index is 840. The summed E-state index contributed by atoms with van der Waals surface area (Å²) < 4.78 is 37.6. The number of aromatic nitrogens is 3. The Kier molecular flexibility index (Phi) is 5.23. The van der Waals surface area contributed by atoms with Gasteiger partial charge in [-0.15, -0.1) is 5.10 Å². The number of hydrogen-bond donors (Lipinski definition) is 1. The normalized spacial score (nSPS) is 12.0. The average molecular weight is 361 g/mol. The van der Waals surface area contributed by atoms with E-state index < -0.39 is 11.7 Å². The Morgan fingerprint density at radius 3 is 2.36 bits per heavy atom. The SMILES string of the molecule is FC(F)(F)c1ccc(CSc2n[nH]c(/C=C/c3ccccc3)n2)cc1. The van der Waals surface area contributed by atoms with Crippen LogP contribution >= 0.6 is 11.8 Å². The minimum Gasteiger partial charge on any atom is -0.259 e. The van der Waals surface area contributed by atoms with Gasteiger partial charge in [0.2, 0.25) is 5.16 Å². The van der Waals surface area contributed by atoms with Crippen LogP contribution in [0.5, 0.6) is 0 Å². The zero-order valence-corrected chi connectivity index (χ0v) is 13.8. The molecule has 1 aromatic heterocycles. The maximum atomic E-state index is 12.5. The molecule has 1 heterocycles. The molecular weight excluding hydrogens is 347 g/mol. The second-order valence-corrected chi connectivity index (χ2v) is 6.17. The predicted molar refractivity (Wildman–Crippen MR) is 92.8 cm³/mol. The first-order chi connectivity index (χ1) is 12.0. The van der Waals surface area contributed by atoms with Gasteiger partial charge in [-0.05, 0) is 29.3 Å². The topological polar surface area (TPSA) is 41.6 Å². The number of halogens is 3. The lowest BCUT2D eigenvalue weighted by atomic mass is 10.1.